The molecule has 1 aliphatic carbocycles. The third kappa shape index (κ3) is 3.12. The van der Waals surface area contributed by atoms with Crippen LogP contribution in [0.2, 0.25) is 0 Å². The third-order valence-electron chi connectivity index (χ3n) is 4.23. The van der Waals surface area contributed by atoms with Gasteiger partial charge in [0.2, 0.25) is 0 Å². The second-order valence-corrected chi connectivity index (χ2v) is 6.90. The molecule has 0 amide bonds. The van der Waals surface area contributed by atoms with Gasteiger partial charge < -0.3 is 15.5 Å². The van der Waals surface area contributed by atoms with Gasteiger partial charge in [0.05, 0.1) is 0 Å². The van der Waals surface area contributed by atoms with E-state index in [4.69, 9.17) is 5.73 Å². The molecular weight excluding hydrogens is 244 g/mol. The van der Waals surface area contributed by atoms with E-state index in [0.29, 0.717) is 0 Å². The molecule has 2 saturated heterocycles. The van der Waals surface area contributed by atoms with E-state index < -0.39 is 0 Å². The van der Waals surface area contributed by atoms with Crippen molar-refractivity contribution in [1.82, 2.24) is 9.80 Å². The lowest BCUT2D eigenvalue weighted by Crippen LogP contribution is -2.43. The summed E-state index contributed by atoms with van der Waals surface area (Å²) in [7, 11) is 0. The van der Waals surface area contributed by atoms with Crippen LogP contribution in [0, 0.1) is 5.92 Å². The number of hydrogen-bond donors (Lipinski definition) is 1. The Labute approximate surface area is 114 Å². The van der Waals surface area contributed by atoms with E-state index in [9.17, 15) is 0 Å². The van der Waals surface area contributed by atoms with Gasteiger partial charge in [0.25, 0.3) is 0 Å². The third-order valence-corrected chi connectivity index (χ3v) is 5.17. The molecule has 0 aromatic rings. The van der Waals surface area contributed by atoms with E-state index in [1.807, 2.05) is 11.8 Å². The summed E-state index contributed by atoms with van der Waals surface area (Å²) in [6.45, 7) is 5.60. The molecule has 0 aromatic heterocycles. The average molecular weight is 268 g/mol. The minimum atomic E-state index is 0.739. The first-order chi connectivity index (χ1) is 8.83. The summed E-state index contributed by atoms with van der Waals surface area (Å²) in [5.41, 5.74) is 6.09. The Kier molecular flexibility index (Phi) is 3.99. The number of thioether (sulfide) groups is 1. The summed E-state index contributed by atoms with van der Waals surface area (Å²) in [5.74, 6) is 3.90. The van der Waals surface area contributed by atoms with Crippen LogP contribution in [0.5, 0.6) is 0 Å². The molecule has 18 heavy (non-hydrogen) atoms. The van der Waals surface area contributed by atoms with Crippen LogP contribution in [0.1, 0.15) is 19.3 Å². The lowest BCUT2D eigenvalue weighted by Gasteiger charge is -2.27. The number of rotatable bonds is 3. The zero-order valence-corrected chi connectivity index (χ0v) is 11.9. The van der Waals surface area contributed by atoms with Crippen molar-refractivity contribution in [1.29, 1.82) is 0 Å². The molecule has 0 spiro atoms. The molecule has 1 atom stereocenters. The largest absolute Gasteiger partial charge is 0.370 e. The Morgan fingerprint density at radius 2 is 1.94 bits per heavy atom. The molecule has 3 aliphatic rings. The molecule has 5 heteroatoms. The maximum atomic E-state index is 6.09. The fraction of sp³-hybridized carbons (Fsp3) is 0.923. The Hall–Kier alpha value is -0.420. The molecule has 1 saturated carbocycles. The summed E-state index contributed by atoms with van der Waals surface area (Å²) < 4.78 is 0. The van der Waals surface area contributed by atoms with Gasteiger partial charge in [-0.25, -0.2) is 0 Å². The standard InChI is InChI=1S/C13H24N4S/c14-13(16-5-7-18-8-6-16)15-9-11-3-4-17(10-11)12-1-2-12/h11-12H,1-10H2,(H2,14,15). The van der Waals surface area contributed by atoms with Crippen molar-refractivity contribution in [3.05, 3.63) is 0 Å². The van der Waals surface area contributed by atoms with Crippen molar-refractivity contribution < 1.29 is 0 Å². The number of likely N-dealkylation sites (tertiary alicyclic amines) is 1. The van der Waals surface area contributed by atoms with Crippen molar-refractivity contribution in [2.75, 3.05) is 44.2 Å². The normalized spacial score (nSPS) is 31.0. The van der Waals surface area contributed by atoms with Crippen molar-refractivity contribution >= 4 is 17.7 Å². The van der Waals surface area contributed by atoms with Crippen LogP contribution >= 0.6 is 11.8 Å². The van der Waals surface area contributed by atoms with Crippen LogP contribution in [0.3, 0.4) is 0 Å². The Morgan fingerprint density at radius 3 is 2.67 bits per heavy atom. The SMILES string of the molecule is NC(=NCC1CCN(C2CC2)C1)N1CCSCC1. The summed E-state index contributed by atoms with van der Waals surface area (Å²) in [6.07, 6.45) is 4.15. The van der Waals surface area contributed by atoms with E-state index in [2.05, 4.69) is 14.8 Å². The quantitative estimate of drug-likeness (QED) is 0.608. The van der Waals surface area contributed by atoms with Gasteiger partial charge in [-0.2, -0.15) is 11.8 Å². The fourth-order valence-corrected chi connectivity index (χ4v) is 3.80. The smallest absolute Gasteiger partial charge is 0.191 e. The molecule has 0 aromatic carbocycles. The molecule has 0 bridgehead atoms. The molecule has 3 rings (SSSR count). The maximum absolute atomic E-state index is 6.09. The van der Waals surface area contributed by atoms with Crippen molar-refractivity contribution in [2.24, 2.45) is 16.6 Å². The number of nitrogens with zero attached hydrogens (tertiary/aromatic N) is 3. The lowest BCUT2D eigenvalue weighted by atomic mass is 10.1. The highest BCUT2D eigenvalue weighted by Crippen LogP contribution is 2.31. The number of nitrogens with two attached hydrogens (primary N) is 1. The molecule has 102 valence electrons. The number of aliphatic imine (C=N–C) groups is 1. The van der Waals surface area contributed by atoms with Gasteiger partial charge in [-0.05, 0) is 31.7 Å². The summed E-state index contributed by atoms with van der Waals surface area (Å²) in [4.78, 5) is 9.52. The monoisotopic (exact) mass is 268 g/mol. The minimum absolute atomic E-state index is 0.739. The van der Waals surface area contributed by atoms with Gasteiger partial charge in [0.15, 0.2) is 5.96 Å². The maximum Gasteiger partial charge on any atom is 0.191 e. The van der Waals surface area contributed by atoms with Crippen LogP contribution in [0.15, 0.2) is 4.99 Å². The summed E-state index contributed by atoms with van der Waals surface area (Å²) >= 11 is 2.01. The molecular formula is C13H24N4S. The van der Waals surface area contributed by atoms with Crippen LogP contribution in [0.4, 0.5) is 0 Å². The van der Waals surface area contributed by atoms with E-state index in [0.717, 1.165) is 37.6 Å². The fourth-order valence-electron chi connectivity index (χ4n) is 2.90. The van der Waals surface area contributed by atoms with Gasteiger partial charge in [0.1, 0.15) is 0 Å². The van der Waals surface area contributed by atoms with E-state index in [1.54, 1.807) is 0 Å². The van der Waals surface area contributed by atoms with Crippen LogP contribution in [-0.2, 0) is 0 Å². The van der Waals surface area contributed by atoms with E-state index in [1.165, 1.54) is 43.9 Å². The highest BCUT2D eigenvalue weighted by Gasteiger charge is 2.34. The van der Waals surface area contributed by atoms with Gasteiger partial charge in [-0.3, -0.25) is 4.99 Å². The Balaban J connectivity index is 1.44. The Morgan fingerprint density at radius 1 is 1.17 bits per heavy atom. The van der Waals surface area contributed by atoms with Gasteiger partial charge in [-0.15, -0.1) is 0 Å². The van der Waals surface area contributed by atoms with Gasteiger partial charge in [0, 0.05) is 43.7 Å². The first-order valence-corrected chi connectivity index (χ1v) is 8.35. The molecule has 0 radical (unpaired) electrons. The molecule has 2 aliphatic heterocycles. The second kappa shape index (κ2) is 5.70. The summed E-state index contributed by atoms with van der Waals surface area (Å²) in [5, 5.41) is 0. The predicted molar refractivity (Wildman–Crippen MR) is 78.1 cm³/mol. The first kappa shape index (κ1) is 12.6. The Bertz CT molecular complexity index is 310. The topological polar surface area (TPSA) is 44.9 Å². The highest BCUT2D eigenvalue weighted by molar-refractivity contribution is 7.99. The van der Waals surface area contributed by atoms with Gasteiger partial charge >= 0.3 is 0 Å². The molecule has 3 fully saturated rings. The van der Waals surface area contributed by atoms with Crippen molar-refractivity contribution in [3.63, 3.8) is 0 Å². The minimum Gasteiger partial charge on any atom is -0.370 e. The van der Waals surface area contributed by atoms with Crippen molar-refractivity contribution in [3.8, 4) is 0 Å². The highest BCUT2D eigenvalue weighted by atomic mass is 32.2. The molecule has 4 nitrogen and oxygen atoms in total. The number of guanidine groups is 1. The lowest BCUT2D eigenvalue weighted by molar-refractivity contribution is 0.315. The second-order valence-electron chi connectivity index (χ2n) is 5.68. The average Bonchev–Trinajstić information content (AvgIpc) is 3.16. The van der Waals surface area contributed by atoms with Crippen molar-refractivity contribution in [2.45, 2.75) is 25.3 Å². The molecule has 1 unspecified atom stereocenters. The predicted octanol–water partition coefficient (Wildman–Crippen LogP) is 0.834. The first-order valence-electron chi connectivity index (χ1n) is 7.19. The zero-order chi connectivity index (χ0) is 12.4. The van der Waals surface area contributed by atoms with Crippen LogP contribution in [0.25, 0.3) is 0 Å². The molecule has 2 heterocycles. The number of hydrogen-bond acceptors (Lipinski definition) is 3. The van der Waals surface area contributed by atoms with Crippen LogP contribution < -0.4 is 5.73 Å². The molecule has 2 N–H and O–H groups in total. The van der Waals surface area contributed by atoms with E-state index >= 15 is 0 Å². The van der Waals surface area contributed by atoms with Gasteiger partial charge in [-0.1, -0.05) is 0 Å². The zero-order valence-electron chi connectivity index (χ0n) is 11.1. The van der Waals surface area contributed by atoms with Crippen LogP contribution in [-0.4, -0.2) is 66.0 Å². The summed E-state index contributed by atoms with van der Waals surface area (Å²) in [6, 6.07) is 0.912. The van der Waals surface area contributed by atoms with E-state index in [-0.39, 0.29) is 0 Å².